The maximum Gasteiger partial charge on any atom is 0.215 e. The van der Waals surface area contributed by atoms with Gasteiger partial charge >= 0.3 is 0 Å². The summed E-state index contributed by atoms with van der Waals surface area (Å²) >= 11 is 5.75. The number of benzene rings is 1. The monoisotopic (exact) mass is 274 g/mol. The van der Waals surface area contributed by atoms with Gasteiger partial charge in [-0.15, -0.1) is 0 Å². The van der Waals surface area contributed by atoms with E-state index in [-0.39, 0.29) is 13.2 Å². The molecule has 100 valence electrons. The quantitative estimate of drug-likeness (QED) is 0.866. The molecule has 0 radical (unpaired) electrons. The third-order valence-corrected chi connectivity index (χ3v) is 2.80. The fourth-order valence-corrected chi connectivity index (χ4v) is 1.71. The summed E-state index contributed by atoms with van der Waals surface area (Å²) in [6.45, 7) is 1.71. The molecule has 0 bridgehead atoms. The van der Waals surface area contributed by atoms with Gasteiger partial charge in [-0.05, 0) is 31.2 Å². The predicted octanol–water partition coefficient (Wildman–Crippen LogP) is 1.16. The van der Waals surface area contributed by atoms with Crippen molar-refractivity contribution in [2.24, 2.45) is 0 Å². The summed E-state index contributed by atoms with van der Waals surface area (Å²) in [4.78, 5) is 0. The fraction of sp³-hybridized carbons (Fsp3) is 0.500. The van der Waals surface area contributed by atoms with E-state index in [0.29, 0.717) is 10.8 Å². The lowest BCUT2D eigenvalue weighted by atomic mass is 10.2. The molecule has 0 spiro atoms. The number of hydrogen-bond acceptors (Lipinski definition) is 5. The summed E-state index contributed by atoms with van der Waals surface area (Å²) in [5, 5.41) is 19.6. The topological polar surface area (TPSA) is 68.2 Å². The van der Waals surface area contributed by atoms with Crippen LogP contribution in [0.1, 0.15) is 6.92 Å². The molecule has 1 aromatic rings. The van der Waals surface area contributed by atoms with Crippen molar-refractivity contribution in [1.29, 1.82) is 0 Å². The van der Waals surface area contributed by atoms with Crippen LogP contribution in [0.5, 0.6) is 5.75 Å². The lowest BCUT2D eigenvalue weighted by Gasteiger charge is -2.37. The minimum Gasteiger partial charge on any atom is -0.491 e. The second-order valence-corrected chi connectivity index (χ2v) is 4.68. The van der Waals surface area contributed by atoms with Crippen LogP contribution in [0.25, 0.3) is 0 Å². The van der Waals surface area contributed by atoms with Crippen molar-refractivity contribution in [1.82, 2.24) is 0 Å². The number of ether oxygens (including phenoxy) is 3. The van der Waals surface area contributed by atoms with Crippen LogP contribution in [0.3, 0.4) is 0 Å². The van der Waals surface area contributed by atoms with Crippen LogP contribution < -0.4 is 4.74 Å². The molecule has 0 saturated carbocycles. The highest BCUT2D eigenvalue weighted by molar-refractivity contribution is 6.30. The molecule has 0 aliphatic carbocycles. The van der Waals surface area contributed by atoms with Gasteiger partial charge < -0.3 is 24.4 Å². The summed E-state index contributed by atoms with van der Waals surface area (Å²) < 4.78 is 15.7. The van der Waals surface area contributed by atoms with E-state index in [4.69, 9.17) is 25.8 Å². The first-order chi connectivity index (χ1) is 8.47. The molecule has 2 N–H and O–H groups in total. The highest BCUT2D eigenvalue weighted by Gasteiger charge is 2.40. The van der Waals surface area contributed by atoms with E-state index in [1.54, 1.807) is 24.3 Å². The van der Waals surface area contributed by atoms with Gasteiger partial charge in [-0.2, -0.15) is 0 Å². The molecule has 0 amide bonds. The van der Waals surface area contributed by atoms with Crippen molar-refractivity contribution < 1.29 is 24.4 Å². The molecule has 1 aromatic carbocycles. The minimum absolute atomic E-state index is 0.158. The van der Waals surface area contributed by atoms with Crippen molar-refractivity contribution in [3.63, 3.8) is 0 Å². The molecular formula is C12H15ClO5. The lowest BCUT2D eigenvalue weighted by molar-refractivity contribution is -0.372. The summed E-state index contributed by atoms with van der Waals surface area (Å²) in [6.07, 6.45) is -1.79. The Balaban J connectivity index is 1.86. The zero-order valence-electron chi connectivity index (χ0n) is 9.88. The van der Waals surface area contributed by atoms with Crippen LogP contribution in [-0.2, 0) is 9.47 Å². The molecule has 2 rings (SSSR count). The van der Waals surface area contributed by atoms with Crippen molar-refractivity contribution in [3.8, 4) is 5.75 Å². The molecule has 3 atom stereocenters. The Morgan fingerprint density at radius 1 is 1.44 bits per heavy atom. The normalized spacial score (nSPS) is 32.2. The third kappa shape index (κ3) is 3.34. The molecule has 1 saturated heterocycles. The van der Waals surface area contributed by atoms with Gasteiger partial charge in [-0.3, -0.25) is 0 Å². The van der Waals surface area contributed by atoms with Gasteiger partial charge in [0.25, 0.3) is 0 Å². The van der Waals surface area contributed by atoms with Crippen molar-refractivity contribution in [2.45, 2.75) is 25.1 Å². The molecule has 1 aliphatic heterocycles. The number of aliphatic hydroxyl groups excluding tert-OH is 1. The van der Waals surface area contributed by atoms with E-state index in [1.807, 2.05) is 0 Å². The Kier molecular flexibility index (Phi) is 4.09. The van der Waals surface area contributed by atoms with Crippen molar-refractivity contribution >= 4 is 11.6 Å². The number of hydrogen-bond donors (Lipinski definition) is 2. The van der Waals surface area contributed by atoms with E-state index in [1.165, 1.54) is 6.92 Å². The van der Waals surface area contributed by atoms with Crippen LogP contribution in [0.2, 0.25) is 5.02 Å². The molecule has 18 heavy (non-hydrogen) atoms. The van der Waals surface area contributed by atoms with Gasteiger partial charge in [0, 0.05) is 5.02 Å². The van der Waals surface area contributed by atoms with E-state index < -0.39 is 18.2 Å². The summed E-state index contributed by atoms with van der Waals surface area (Å²) in [7, 11) is 0. The molecule has 3 unspecified atom stereocenters. The van der Waals surface area contributed by atoms with E-state index in [9.17, 15) is 10.2 Å². The Hall–Kier alpha value is -0.850. The first-order valence-electron chi connectivity index (χ1n) is 5.55. The summed E-state index contributed by atoms with van der Waals surface area (Å²) in [5.41, 5.74) is 0. The highest BCUT2D eigenvalue weighted by Crippen LogP contribution is 2.22. The standard InChI is InChI=1S/C12H15ClO5/c1-12(15)11(14)17-7-10(18-12)6-16-9-4-2-8(13)3-5-9/h2-5,10-11,14-15H,6-7H2,1H3. The Labute approximate surface area is 110 Å². The summed E-state index contributed by atoms with van der Waals surface area (Å²) in [6, 6.07) is 6.90. The SMILES string of the molecule is CC1(O)OC(COc2ccc(Cl)cc2)COC1O. The van der Waals surface area contributed by atoms with Crippen LogP contribution >= 0.6 is 11.6 Å². The second-order valence-electron chi connectivity index (χ2n) is 4.25. The lowest BCUT2D eigenvalue weighted by Crippen LogP contribution is -2.53. The fourth-order valence-electron chi connectivity index (χ4n) is 1.58. The van der Waals surface area contributed by atoms with Crippen LogP contribution in [-0.4, -0.2) is 41.6 Å². The first-order valence-corrected chi connectivity index (χ1v) is 5.93. The zero-order valence-corrected chi connectivity index (χ0v) is 10.6. The molecule has 1 fully saturated rings. The molecule has 0 aromatic heterocycles. The molecule has 1 heterocycles. The van der Waals surface area contributed by atoms with Gasteiger partial charge in [-0.1, -0.05) is 11.6 Å². The van der Waals surface area contributed by atoms with Gasteiger partial charge in [0.15, 0.2) is 0 Å². The third-order valence-electron chi connectivity index (χ3n) is 2.55. The predicted molar refractivity (Wildman–Crippen MR) is 64.4 cm³/mol. The van der Waals surface area contributed by atoms with Crippen molar-refractivity contribution in [3.05, 3.63) is 29.3 Å². The van der Waals surface area contributed by atoms with Gasteiger partial charge in [0.05, 0.1) is 6.61 Å². The van der Waals surface area contributed by atoms with Gasteiger partial charge in [0.1, 0.15) is 18.5 Å². The Morgan fingerprint density at radius 3 is 2.72 bits per heavy atom. The number of rotatable bonds is 3. The van der Waals surface area contributed by atoms with Crippen LogP contribution in [0.4, 0.5) is 0 Å². The van der Waals surface area contributed by atoms with Crippen LogP contribution in [0, 0.1) is 0 Å². The average molecular weight is 275 g/mol. The molecule has 1 aliphatic rings. The Bertz CT molecular complexity index is 392. The largest absolute Gasteiger partial charge is 0.491 e. The average Bonchev–Trinajstić information content (AvgIpc) is 2.32. The molecular weight excluding hydrogens is 260 g/mol. The highest BCUT2D eigenvalue weighted by atomic mass is 35.5. The maximum atomic E-state index is 9.68. The second kappa shape index (κ2) is 5.42. The Morgan fingerprint density at radius 2 is 2.11 bits per heavy atom. The maximum absolute atomic E-state index is 9.68. The number of aliphatic hydroxyl groups is 2. The van der Waals surface area contributed by atoms with E-state index in [2.05, 4.69) is 0 Å². The molecule has 5 nitrogen and oxygen atoms in total. The van der Waals surface area contributed by atoms with E-state index in [0.717, 1.165) is 0 Å². The minimum atomic E-state index is -1.72. The van der Waals surface area contributed by atoms with Crippen LogP contribution in [0.15, 0.2) is 24.3 Å². The van der Waals surface area contributed by atoms with E-state index >= 15 is 0 Å². The van der Waals surface area contributed by atoms with Gasteiger partial charge in [-0.25, -0.2) is 0 Å². The zero-order chi connectivity index (χ0) is 13.2. The van der Waals surface area contributed by atoms with Gasteiger partial charge in [0.2, 0.25) is 12.1 Å². The smallest absolute Gasteiger partial charge is 0.215 e. The first kappa shape index (κ1) is 13.6. The van der Waals surface area contributed by atoms with Crippen molar-refractivity contribution in [2.75, 3.05) is 13.2 Å². The summed E-state index contributed by atoms with van der Waals surface area (Å²) in [5.74, 6) is -1.07. The number of halogens is 1. The molecule has 6 heteroatoms.